The molecule has 0 aromatic heterocycles. The molecule has 4 rings (SSSR count). The summed E-state index contributed by atoms with van der Waals surface area (Å²) in [5.41, 5.74) is 2.88. The van der Waals surface area contributed by atoms with E-state index in [-0.39, 0.29) is 12.1 Å². The first kappa shape index (κ1) is 26.7. The number of aliphatic imine (C=N–C) groups is 1. The van der Waals surface area contributed by atoms with E-state index in [1.165, 1.54) is 4.90 Å². The predicted octanol–water partition coefficient (Wildman–Crippen LogP) is 3.81. The molecule has 2 atom stereocenters. The van der Waals surface area contributed by atoms with Crippen molar-refractivity contribution < 1.29 is 23.2 Å². The first-order valence-corrected chi connectivity index (χ1v) is 12.2. The maximum absolute atomic E-state index is 13.5. The van der Waals surface area contributed by atoms with E-state index in [9.17, 15) is 23.2 Å². The largest absolute Gasteiger partial charge is 0.351 e. The van der Waals surface area contributed by atoms with Gasteiger partial charge in [0.05, 0.1) is 11.4 Å². The number of likely N-dealkylation sites (N-methyl/N-ethyl adjacent to an activating group) is 1. The SMILES string of the molecule is CC(C)C(C(=O)NCc1cc(F)cc(F)c1)C(=O)NC1N=C(c2ccccc2)c2ccccc2N(C)C1=O. The fourth-order valence-corrected chi connectivity index (χ4v) is 4.40. The van der Waals surface area contributed by atoms with Crippen molar-refractivity contribution in [3.8, 4) is 0 Å². The first-order valence-electron chi connectivity index (χ1n) is 12.2. The van der Waals surface area contributed by atoms with E-state index in [1.807, 2.05) is 48.5 Å². The van der Waals surface area contributed by atoms with Crippen molar-refractivity contribution in [2.75, 3.05) is 11.9 Å². The van der Waals surface area contributed by atoms with E-state index in [0.29, 0.717) is 11.4 Å². The van der Waals surface area contributed by atoms with Gasteiger partial charge in [0, 0.05) is 30.8 Å². The quantitative estimate of drug-likeness (QED) is 0.466. The van der Waals surface area contributed by atoms with Crippen LogP contribution in [0.4, 0.5) is 14.5 Å². The molecule has 0 radical (unpaired) electrons. The number of rotatable bonds is 7. The molecule has 3 amide bonds. The van der Waals surface area contributed by atoms with E-state index in [0.717, 1.165) is 29.3 Å². The van der Waals surface area contributed by atoms with Crippen molar-refractivity contribution in [3.63, 3.8) is 0 Å². The molecule has 0 saturated carbocycles. The predicted molar refractivity (Wildman–Crippen MR) is 140 cm³/mol. The van der Waals surface area contributed by atoms with Gasteiger partial charge in [-0.2, -0.15) is 0 Å². The highest BCUT2D eigenvalue weighted by atomic mass is 19.1. The lowest BCUT2D eigenvalue weighted by Gasteiger charge is -2.24. The summed E-state index contributed by atoms with van der Waals surface area (Å²) in [7, 11) is 1.61. The Labute approximate surface area is 219 Å². The first-order chi connectivity index (χ1) is 18.2. The molecule has 1 aliphatic rings. The summed E-state index contributed by atoms with van der Waals surface area (Å²) < 4.78 is 27.0. The van der Waals surface area contributed by atoms with Crippen molar-refractivity contribution in [3.05, 3.63) is 101 Å². The minimum atomic E-state index is -1.28. The van der Waals surface area contributed by atoms with Crippen molar-refractivity contribution >= 4 is 29.1 Å². The molecule has 1 aliphatic heterocycles. The van der Waals surface area contributed by atoms with Crippen LogP contribution in [0, 0.1) is 23.5 Å². The molecular formula is C29H28F2N4O3. The molecule has 9 heteroatoms. The van der Waals surface area contributed by atoms with Crippen LogP contribution >= 0.6 is 0 Å². The molecule has 0 aliphatic carbocycles. The minimum absolute atomic E-state index is 0.166. The number of halogens is 2. The standard InChI is InChI=1S/C29H28F2N4O3/c1-17(2)24(27(36)32-16-18-13-20(30)15-21(31)14-18)28(37)34-26-29(38)35(3)23-12-8-7-11-22(23)25(33-26)19-9-5-4-6-10-19/h4-15,17,24,26H,16H2,1-3H3,(H,32,36)(H,34,37). The van der Waals surface area contributed by atoms with Crippen LogP contribution in [0.3, 0.4) is 0 Å². The van der Waals surface area contributed by atoms with Gasteiger partial charge >= 0.3 is 0 Å². The van der Waals surface area contributed by atoms with Crippen LogP contribution in [0.5, 0.6) is 0 Å². The number of nitrogens with one attached hydrogen (secondary N) is 2. The summed E-state index contributed by atoms with van der Waals surface area (Å²) in [6.45, 7) is 3.23. The van der Waals surface area contributed by atoms with Crippen LogP contribution in [0.1, 0.15) is 30.5 Å². The third-order valence-electron chi connectivity index (χ3n) is 6.29. The molecule has 2 N–H and O–H groups in total. The van der Waals surface area contributed by atoms with Crippen LogP contribution in [0.2, 0.25) is 0 Å². The molecule has 38 heavy (non-hydrogen) atoms. The second-order valence-corrected chi connectivity index (χ2v) is 9.39. The molecule has 7 nitrogen and oxygen atoms in total. The van der Waals surface area contributed by atoms with Gasteiger partial charge < -0.3 is 15.5 Å². The smallest absolute Gasteiger partial charge is 0.272 e. The Balaban J connectivity index is 1.60. The highest BCUT2D eigenvalue weighted by molar-refractivity contribution is 6.20. The molecule has 0 fully saturated rings. The topological polar surface area (TPSA) is 90.9 Å². The molecule has 1 heterocycles. The molecule has 3 aromatic rings. The number of para-hydroxylation sites is 1. The van der Waals surface area contributed by atoms with Gasteiger partial charge in [0.2, 0.25) is 18.0 Å². The second-order valence-electron chi connectivity index (χ2n) is 9.39. The molecule has 0 bridgehead atoms. The zero-order chi connectivity index (χ0) is 27.4. The fraction of sp³-hybridized carbons (Fsp3) is 0.241. The monoisotopic (exact) mass is 518 g/mol. The van der Waals surface area contributed by atoms with E-state index < -0.39 is 47.4 Å². The van der Waals surface area contributed by atoms with Crippen molar-refractivity contribution in [1.29, 1.82) is 0 Å². The second kappa shape index (κ2) is 11.3. The maximum Gasteiger partial charge on any atom is 0.272 e. The summed E-state index contributed by atoms with van der Waals surface area (Å²) in [5, 5.41) is 5.22. The van der Waals surface area contributed by atoms with E-state index in [2.05, 4.69) is 15.6 Å². The average Bonchev–Trinajstić information content (AvgIpc) is 2.98. The molecule has 0 spiro atoms. The summed E-state index contributed by atoms with van der Waals surface area (Å²) in [6, 6.07) is 19.6. The summed E-state index contributed by atoms with van der Waals surface area (Å²) in [4.78, 5) is 45.8. The van der Waals surface area contributed by atoms with Gasteiger partial charge in [0.15, 0.2) is 0 Å². The van der Waals surface area contributed by atoms with Gasteiger partial charge in [-0.1, -0.05) is 62.4 Å². The Kier molecular flexibility index (Phi) is 7.95. The lowest BCUT2D eigenvalue weighted by Crippen LogP contribution is -2.51. The highest BCUT2D eigenvalue weighted by Crippen LogP contribution is 2.27. The van der Waals surface area contributed by atoms with Gasteiger partial charge in [0.25, 0.3) is 5.91 Å². The van der Waals surface area contributed by atoms with Crippen LogP contribution < -0.4 is 15.5 Å². The van der Waals surface area contributed by atoms with E-state index in [1.54, 1.807) is 27.0 Å². The maximum atomic E-state index is 13.5. The summed E-state index contributed by atoms with van der Waals surface area (Å²) in [5.74, 6) is -4.92. The molecule has 0 saturated heterocycles. The number of fused-ring (bicyclic) bond motifs is 1. The third kappa shape index (κ3) is 5.77. The van der Waals surface area contributed by atoms with Gasteiger partial charge in [0.1, 0.15) is 17.6 Å². The van der Waals surface area contributed by atoms with E-state index in [4.69, 9.17) is 0 Å². The number of benzene rings is 3. The summed E-state index contributed by atoms with van der Waals surface area (Å²) in [6.07, 6.45) is -1.28. The Morgan fingerprint density at radius 3 is 2.24 bits per heavy atom. The Morgan fingerprint density at radius 2 is 1.58 bits per heavy atom. The lowest BCUT2D eigenvalue weighted by molar-refractivity contribution is -0.139. The van der Waals surface area contributed by atoms with E-state index >= 15 is 0 Å². The van der Waals surface area contributed by atoms with Crippen LogP contribution in [-0.4, -0.2) is 36.6 Å². The Morgan fingerprint density at radius 1 is 0.947 bits per heavy atom. The van der Waals surface area contributed by atoms with Gasteiger partial charge in [-0.3, -0.25) is 14.4 Å². The van der Waals surface area contributed by atoms with Crippen molar-refractivity contribution in [2.45, 2.75) is 26.6 Å². The zero-order valence-electron chi connectivity index (χ0n) is 21.2. The number of hydrogen-bond acceptors (Lipinski definition) is 4. The Bertz CT molecular complexity index is 1370. The minimum Gasteiger partial charge on any atom is -0.351 e. The van der Waals surface area contributed by atoms with Crippen LogP contribution in [-0.2, 0) is 20.9 Å². The van der Waals surface area contributed by atoms with Crippen LogP contribution in [0.15, 0.2) is 77.8 Å². The fourth-order valence-electron chi connectivity index (χ4n) is 4.40. The summed E-state index contributed by atoms with van der Waals surface area (Å²) >= 11 is 0. The molecular weight excluding hydrogens is 490 g/mol. The van der Waals surface area contributed by atoms with Gasteiger partial charge in [-0.15, -0.1) is 0 Å². The number of benzodiazepines with no additional fused rings is 1. The third-order valence-corrected chi connectivity index (χ3v) is 6.29. The number of hydrogen-bond donors (Lipinski definition) is 2. The number of anilines is 1. The average molecular weight is 519 g/mol. The molecule has 3 aromatic carbocycles. The Hall–Kier alpha value is -4.40. The van der Waals surface area contributed by atoms with Crippen molar-refractivity contribution in [1.82, 2.24) is 10.6 Å². The zero-order valence-corrected chi connectivity index (χ0v) is 21.2. The van der Waals surface area contributed by atoms with Gasteiger partial charge in [-0.05, 0) is 29.7 Å². The number of carbonyl (C=O) groups excluding carboxylic acids is 3. The van der Waals surface area contributed by atoms with Crippen LogP contribution in [0.25, 0.3) is 0 Å². The number of nitrogens with zero attached hydrogens (tertiary/aromatic N) is 2. The van der Waals surface area contributed by atoms with Gasteiger partial charge in [-0.25, -0.2) is 13.8 Å². The highest BCUT2D eigenvalue weighted by Gasteiger charge is 2.35. The molecule has 196 valence electrons. The molecule has 2 unspecified atom stereocenters. The van der Waals surface area contributed by atoms with Crippen molar-refractivity contribution in [2.24, 2.45) is 16.8 Å². The lowest BCUT2D eigenvalue weighted by atomic mass is 9.93. The number of amides is 3. The normalized spacial score (nSPS) is 15.8. The number of carbonyl (C=O) groups is 3.